The summed E-state index contributed by atoms with van der Waals surface area (Å²) in [6.07, 6.45) is 0.516. The standard InChI is InChI=1S/C13H19NO4S/c1-5-6-17-12(15)9-8(4)10(19-11(9)14)13(16)18-7(2)3/h7H,5-6,14H2,1-4H3. The SMILES string of the molecule is CCCOC(=O)c1c(N)sc(C(=O)OC(C)C)c1C. The molecule has 0 fully saturated rings. The van der Waals surface area contributed by atoms with Crippen LogP contribution in [0.1, 0.15) is 52.8 Å². The van der Waals surface area contributed by atoms with Crippen molar-refractivity contribution in [3.8, 4) is 0 Å². The number of nitrogen functional groups attached to an aromatic ring is 1. The molecule has 1 heterocycles. The van der Waals surface area contributed by atoms with Gasteiger partial charge in [-0.05, 0) is 32.8 Å². The van der Waals surface area contributed by atoms with Gasteiger partial charge in [0.1, 0.15) is 9.88 Å². The minimum atomic E-state index is -0.489. The highest BCUT2D eigenvalue weighted by Gasteiger charge is 2.25. The van der Waals surface area contributed by atoms with Crippen molar-refractivity contribution in [2.45, 2.75) is 40.2 Å². The van der Waals surface area contributed by atoms with Crippen LogP contribution in [0.2, 0.25) is 0 Å². The highest BCUT2D eigenvalue weighted by Crippen LogP contribution is 2.31. The van der Waals surface area contributed by atoms with Crippen molar-refractivity contribution < 1.29 is 19.1 Å². The lowest BCUT2D eigenvalue weighted by atomic mass is 10.1. The quantitative estimate of drug-likeness (QED) is 0.841. The van der Waals surface area contributed by atoms with Gasteiger partial charge in [-0.25, -0.2) is 9.59 Å². The predicted octanol–water partition coefficient (Wildman–Crippen LogP) is 2.77. The molecule has 1 aromatic heterocycles. The molecule has 0 aliphatic heterocycles. The van der Waals surface area contributed by atoms with E-state index in [-0.39, 0.29) is 16.7 Å². The molecule has 0 aliphatic rings. The van der Waals surface area contributed by atoms with Gasteiger partial charge in [-0.1, -0.05) is 6.92 Å². The summed E-state index contributed by atoms with van der Waals surface area (Å²) in [6.45, 7) is 7.44. The fourth-order valence-corrected chi connectivity index (χ4v) is 2.46. The van der Waals surface area contributed by atoms with Crippen molar-refractivity contribution in [3.63, 3.8) is 0 Å². The van der Waals surface area contributed by atoms with Crippen LogP contribution in [-0.4, -0.2) is 24.6 Å². The number of carbonyl (C=O) groups is 2. The van der Waals surface area contributed by atoms with E-state index < -0.39 is 11.9 Å². The monoisotopic (exact) mass is 285 g/mol. The maximum atomic E-state index is 11.9. The highest BCUT2D eigenvalue weighted by molar-refractivity contribution is 7.18. The first-order valence-corrected chi connectivity index (χ1v) is 6.97. The van der Waals surface area contributed by atoms with Crippen molar-refractivity contribution in [1.29, 1.82) is 0 Å². The fourth-order valence-electron chi connectivity index (χ4n) is 1.52. The van der Waals surface area contributed by atoms with Gasteiger partial charge in [-0.3, -0.25) is 0 Å². The van der Waals surface area contributed by atoms with Gasteiger partial charge < -0.3 is 15.2 Å². The van der Waals surface area contributed by atoms with E-state index >= 15 is 0 Å². The number of carbonyl (C=O) groups excluding carboxylic acids is 2. The van der Waals surface area contributed by atoms with Gasteiger partial charge in [-0.15, -0.1) is 11.3 Å². The smallest absolute Gasteiger partial charge is 0.348 e. The van der Waals surface area contributed by atoms with E-state index in [4.69, 9.17) is 15.2 Å². The van der Waals surface area contributed by atoms with E-state index in [0.717, 1.165) is 17.8 Å². The third-order valence-electron chi connectivity index (χ3n) is 2.34. The van der Waals surface area contributed by atoms with Gasteiger partial charge in [0.2, 0.25) is 0 Å². The molecular formula is C13H19NO4S. The van der Waals surface area contributed by atoms with E-state index in [9.17, 15) is 9.59 Å². The Labute approximate surface area is 116 Å². The molecule has 0 saturated carbocycles. The molecule has 5 nitrogen and oxygen atoms in total. The molecule has 0 spiro atoms. The topological polar surface area (TPSA) is 78.6 Å². The number of thiophene rings is 1. The highest BCUT2D eigenvalue weighted by atomic mass is 32.1. The van der Waals surface area contributed by atoms with Crippen molar-refractivity contribution in [3.05, 3.63) is 16.0 Å². The Kier molecular flexibility index (Phi) is 5.35. The molecule has 0 amide bonds. The van der Waals surface area contributed by atoms with Gasteiger partial charge >= 0.3 is 11.9 Å². The van der Waals surface area contributed by atoms with Crippen LogP contribution in [0, 0.1) is 6.92 Å². The average molecular weight is 285 g/mol. The lowest BCUT2D eigenvalue weighted by Gasteiger charge is -2.07. The fraction of sp³-hybridized carbons (Fsp3) is 0.538. The largest absolute Gasteiger partial charge is 0.462 e. The summed E-state index contributed by atoms with van der Waals surface area (Å²) in [5.41, 5.74) is 6.59. The summed E-state index contributed by atoms with van der Waals surface area (Å²) < 4.78 is 10.2. The Morgan fingerprint density at radius 3 is 2.47 bits per heavy atom. The van der Waals surface area contributed by atoms with Crippen LogP contribution in [0.15, 0.2) is 0 Å². The van der Waals surface area contributed by atoms with E-state index in [1.807, 2.05) is 6.92 Å². The first kappa shape index (κ1) is 15.5. The summed E-state index contributed by atoms with van der Waals surface area (Å²) in [5, 5.41) is 0.286. The molecule has 0 bridgehead atoms. The van der Waals surface area contributed by atoms with Crippen molar-refractivity contribution in [2.24, 2.45) is 0 Å². The second-order valence-corrected chi connectivity index (χ2v) is 5.44. The van der Waals surface area contributed by atoms with E-state index in [1.165, 1.54) is 0 Å². The zero-order valence-corrected chi connectivity index (χ0v) is 12.4. The van der Waals surface area contributed by atoms with Crippen LogP contribution < -0.4 is 5.73 Å². The van der Waals surface area contributed by atoms with Crippen LogP contribution >= 0.6 is 11.3 Å². The third kappa shape index (κ3) is 3.70. The molecule has 0 radical (unpaired) electrons. The maximum absolute atomic E-state index is 11.9. The number of nitrogens with two attached hydrogens (primary N) is 1. The van der Waals surface area contributed by atoms with Crippen molar-refractivity contribution >= 4 is 28.3 Å². The number of rotatable bonds is 5. The van der Waals surface area contributed by atoms with Gasteiger partial charge in [0.05, 0.1) is 18.3 Å². The van der Waals surface area contributed by atoms with E-state index in [1.54, 1.807) is 20.8 Å². The molecule has 6 heteroatoms. The summed E-state index contributed by atoms with van der Waals surface area (Å²) in [6, 6.07) is 0. The van der Waals surface area contributed by atoms with E-state index in [2.05, 4.69) is 0 Å². The zero-order chi connectivity index (χ0) is 14.6. The minimum absolute atomic E-state index is 0.217. The molecule has 0 aromatic carbocycles. The van der Waals surface area contributed by atoms with Crippen LogP contribution in [-0.2, 0) is 9.47 Å². The van der Waals surface area contributed by atoms with Gasteiger partial charge in [0.15, 0.2) is 0 Å². The predicted molar refractivity (Wildman–Crippen MR) is 74.6 cm³/mol. The van der Waals surface area contributed by atoms with Crippen LogP contribution in [0.3, 0.4) is 0 Å². The van der Waals surface area contributed by atoms with Crippen LogP contribution in [0.5, 0.6) is 0 Å². The normalized spacial score (nSPS) is 10.6. The van der Waals surface area contributed by atoms with Crippen molar-refractivity contribution in [1.82, 2.24) is 0 Å². The van der Waals surface area contributed by atoms with Crippen molar-refractivity contribution in [2.75, 3.05) is 12.3 Å². The second-order valence-electron chi connectivity index (χ2n) is 4.39. The Morgan fingerprint density at radius 1 is 1.32 bits per heavy atom. The molecule has 0 unspecified atom stereocenters. The second kappa shape index (κ2) is 6.56. The van der Waals surface area contributed by atoms with Crippen LogP contribution in [0.25, 0.3) is 0 Å². The average Bonchev–Trinajstić information content (AvgIpc) is 2.61. The maximum Gasteiger partial charge on any atom is 0.348 e. The molecule has 2 N–H and O–H groups in total. The molecular weight excluding hydrogens is 266 g/mol. The Morgan fingerprint density at radius 2 is 1.95 bits per heavy atom. The molecule has 0 saturated heterocycles. The number of anilines is 1. The molecule has 1 aromatic rings. The van der Waals surface area contributed by atoms with Gasteiger partial charge in [0.25, 0.3) is 0 Å². The summed E-state index contributed by atoms with van der Waals surface area (Å²) in [5.74, 6) is -0.949. The first-order chi connectivity index (χ1) is 8.88. The summed E-state index contributed by atoms with van der Waals surface area (Å²) >= 11 is 1.06. The first-order valence-electron chi connectivity index (χ1n) is 6.15. The number of esters is 2. The van der Waals surface area contributed by atoms with Gasteiger partial charge in [-0.2, -0.15) is 0 Å². The molecule has 1 rings (SSSR count). The number of ether oxygens (including phenoxy) is 2. The van der Waals surface area contributed by atoms with E-state index in [0.29, 0.717) is 17.0 Å². The Hall–Kier alpha value is -1.56. The number of hydrogen-bond donors (Lipinski definition) is 1. The number of hydrogen-bond acceptors (Lipinski definition) is 6. The Balaban J connectivity index is 3.00. The molecule has 19 heavy (non-hydrogen) atoms. The van der Waals surface area contributed by atoms with Gasteiger partial charge in [0, 0.05) is 0 Å². The molecule has 106 valence electrons. The zero-order valence-electron chi connectivity index (χ0n) is 11.6. The summed E-state index contributed by atoms with van der Waals surface area (Å²) in [4.78, 5) is 24.1. The third-order valence-corrected chi connectivity index (χ3v) is 3.44. The summed E-state index contributed by atoms with van der Waals surface area (Å²) in [7, 11) is 0. The Bertz CT molecular complexity index is 479. The molecule has 0 aliphatic carbocycles. The lowest BCUT2D eigenvalue weighted by molar-refractivity contribution is 0.0383. The minimum Gasteiger partial charge on any atom is -0.462 e. The molecule has 0 atom stereocenters. The van der Waals surface area contributed by atoms with Crippen LogP contribution in [0.4, 0.5) is 5.00 Å². The lowest BCUT2D eigenvalue weighted by Crippen LogP contribution is -2.12.